The minimum absolute atomic E-state index is 0.213. The molecule has 1 atom stereocenters. The van der Waals surface area contributed by atoms with Gasteiger partial charge < -0.3 is 15.3 Å². The Morgan fingerprint density at radius 2 is 2.18 bits per heavy atom. The molecule has 2 amide bonds. The van der Waals surface area contributed by atoms with Crippen molar-refractivity contribution in [2.45, 2.75) is 45.1 Å². The van der Waals surface area contributed by atoms with Crippen molar-refractivity contribution in [3.05, 3.63) is 0 Å². The van der Waals surface area contributed by atoms with Crippen LogP contribution in [0.25, 0.3) is 0 Å². The number of rotatable bonds is 4. The summed E-state index contributed by atoms with van der Waals surface area (Å²) in [6.45, 7) is 3.38. The third-order valence-corrected chi connectivity index (χ3v) is 4.12. The van der Waals surface area contributed by atoms with Gasteiger partial charge in [0, 0.05) is 13.1 Å². The molecule has 1 saturated carbocycles. The van der Waals surface area contributed by atoms with Gasteiger partial charge >= 0.3 is 12.0 Å². The highest BCUT2D eigenvalue weighted by atomic mass is 16.4. The van der Waals surface area contributed by atoms with E-state index in [0.717, 1.165) is 12.8 Å². The molecule has 0 unspecified atom stereocenters. The molecule has 17 heavy (non-hydrogen) atoms. The molecule has 1 heterocycles. The molecule has 2 rings (SSSR count). The van der Waals surface area contributed by atoms with Gasteiger partial charge in [-0.2, -0.15) is 0 Å². The van der Waals surface area contributed by atoms with Crippen molar-refractivity contribution < 1.29 is 14.7 Å². The van der Waals surface area contributed by atoms with Gasteiger partial charge in [-0.15, -0.1) is 0 Å². The van der Waals surface area contributed by atoms with Crippen molar-refractivity contribution in [3.63, 3.8) is 0 Å². The molecule has 2 aliphatic rings. The largest absolute Gasteiger partial charge is 0.480 e. The van der Waals surface area contributed by atoms with E-state index in [0.29, 0.717) is 24.9 Å². The highest BCUT2D eigenvalue weighted by Crippen LogP contribution is 2.47. The molecule has 1 saturated heterocycles. The fraction of sp³-hybridized carbons (Fsp3) is 0.833. The molecule has 5 nitrogen and oxygen atoms in total. The summed E-state index contributed by atoms with van der Waals surface area (Å²) in [6, 6.07) is -0.846. The van der Waals surface area contributed by atoms with Crippen molar-refractivity contribution in [1.82, 2.24) is 10.2 Å². The van der Waals surface area contributed by atoms with Crippen LogP contribution in [0.5, 0.6) is 0 Å². The molecule has 0 radical (unpaired) electrons. The summed E-state index contributed by atoms with van der Waals surface area (Å²) in [5, 5.41) is 11.9. The third-order valence-electron chi connectivity index (χ3n) is 4.12. The van der Waals surface area contributed by atoms with Crippen LogP contribution in [0.15, 0.2) is 0 Å². The van der Waals surface area contributed by atoms with Crippen molar-refractivity contribution in [2.24, 2.45) is 5.41 Å². The van der Waals surface area contributed by atoms with E-state index in [4.69, 9.17) is 5.11 Å². The average Bonchev–Trinajstić information content (AvgIpc) is 2.91. The third kappa shape index (κ3) is 2.53. The van der Waals surface area contributed by atoms with Crippen LogP contribution in [0, 0.1) is 5.41 Å². The number of carboxylic acid groups (broad SMARTS) is 1. The fourth-order valence-electron chi connectivity index (χ4n) is 2.46. The monoisotopic (exact) mass is 240 g/mol. The standard InChI is InChI=1S/C12H20N2O3/c1-2-12(5-6-12)8-13-11(17)14-7-3-4-9(14)10(15)16/h9H,2-8H2,1H3,(H,13,17)(H,15,16)/t9-/m0/s1. The van der Waals surface area contributed by atoms with Crippen LogP contribution in [0.3, 0.4) is 0 Å². The fourth-order valence-corrected chi connectivity index (χ4v) is 2.46. The van der Waals surface area contributed by atoms with E-state index >= 15 is 0 Å². The first kappa shape index (κ1) is 12.2. The van der Waals surface area contributed by atoms with Crippen LogP contribution < -0.4 is 5.32 Å². The molecule has 2 fully saturated rings. The van der Waals surface area contributed by atoms with Gasteiger partial charge in [0.25, 0.3) is 0 Å². The van der Waals surface area contributed by atoms with Crippen LogP contribution in [0.2, 0.25) is 0 Å². The van der Waals surface area contributed by atoms with E-state index in [2.05, 4.69) is 12.2 Å². The zero-order valence-corrected chi connectivity index (χ0v) is 10.2. The molecular formula is C12H20N2O3. The number of carbonyl (C=O) groups excluding carboxylic acids is 1. The summed E-state index contributed by atoms with van der Waals surface area (Å²) >= 11 is 0. The Hall–Kier alpha value is -1.26. The number of carboxylic acids is 1. The minimum atomic E-state index is -0.894. The molecule has 5 heteroatoms. The second kappa shape index (κ2) is 4.55. The van der Waals surface area contributed by atoms with Crippen LogP contribution in [0.4, 0.5) is 4.79 Å². The van der Waals surface area contributed by atoms with Crippen LogP contribution in [0.1, 0.15) is 39.0 Å². The van der Waals surface area contributed by atoms with Gasteiger partial charge in [-0.05, 0) is 37.5 Å². The number of urea groups is 1. The minimum Gasteiger partial charge on any atom is -0.480 e. The lowest BCUT2D eigenvalue weighted by Gasteiger charge is -2.23. The van der Waals surface area contributed by atoms with Crippen LogP contribution in [-0.2, 0) is 4.79 Å². The topological polar surface area (TPSA) is 69.6 Å². The maximum atomic E-state index is 11.9. The Bertz CT molecular complexity index is 326. The number of hydrogen-bond donors (Lipinski definition) is 2. The van der Waals surface area contributed by atoms with Gasteiger partial charge in [0.15, 0.2) is 0 Å². The molecular weight excluding hydrogens is 220 g/mol. The molecule has 0 aromatic heterocycles. The Kier molecular flexibility index (Phi) is 3.26. The first-order valence-corrected chi connectivity index (χ1v) is 6.35. The first-order chi connectivity index (χ1) is 8.08. The van der Waals surface area contributed by atoms with Crippen molar-refractivity contribution in [1.29, 1.82) is 0 Å². The molecule has 1 aliphatic carbocycles. The van der Waals surface area contributed by atoms with Crippen molar-refractivity contribution in [2.75, 3.05) is 13.1 Å². The predicted molar refractivity (Wildman–Crippen MR) is 62.7 cm³/mol. The quantitative estimate of drug-likeness (QED) is 0.781. The van der Waals surface area contributed by atoms with E-state index in [1.807, 2.05) is 0 Å². The highest BCUT2D eigenvalue weighted by molar-refractivity contribution is 5.83. The molecule has 0 aromatic carbocycles. The van der Waals surface area contributed by atoms with E-state index in [-0.39, 0.29) is 6.03 Å². The lowest BCUT2D eigenvalue weighted by Crippen LogP contribution is -2.47. The molecule has 96 valence electrons. The van der Waals surface area contributed by atoms with Crippen molar-refractivity contribution in [3.8, 4) is 0 Å². The molecule has 1 aliphatic heterocycles. The van der Waals surface area contributed by atoms with Gasteiger partial charge in [0.2, 0.25) is 0 Å². The first-order valence-electron chi connectivity index (χ1n) is 6.35. The zero-order chi connectivity index (χ0) is 12.5. The molecule has 0 spiro atoms. The summed E-state index contributed by atoms with van der Waals surface area (Å²) in [5.41, 5.74) is 0.300. The summed E-state index contributed by atoms with van der Waals surface area (Å²) in [6.07, 6.45) is 4.78. The summed E-state index contributed by atoms with van der Waals surface area (Å²) in [5.74, 6) is -0.894. The number of nitrogens with one attached hydrogen (secondary N) is 1. The Labute approximate surface area is 101 Å². The second-order valence-electron chi connectivity index (χ2n) is 5.20. The number of nitrogens with zero attached hydrogens (tertiary/aromatic N) is 1. The Morgan fingerprint density at radius 3 is 2.71 bits per heavy atom. The normalized spacial score (nSPS) is 25.7. The maximum absolute atomic E-state index is 11.9. The predicted octanol–water partition coefficient (Wildman–Crippen LogP) is 1.44. The number of aliphatic carboxylic acids is 1. The lowest BCUT2D eigenvalue weighted by atomic mass is 10.0. The smallest absolute Gasteiger partial charge is 0.326 e. The van der Waals surface area contributed by atoms with Gasteiger partial charge in [-0.3, -0.25) is 0 Å². The average molecular weight is 240 g/mol. The molecule has 2 N–H and O–H groups in total. The van der Waals surface area contributed by atoms with Crippen LogP contribution in [-0.4, -0.2) is 41.1 Å². The van der Waals surface area contributed by atoms with Gasteiger partial charge in [0.1, 0.15) is 6.04 Å². The van der Waals surface area contributed by atoms with Crippen molar-refractivity contribution >= 4 is 12.0 Å². The molecule has 0 bridgehead atoms. The maximum Gasteiger partial charge on any atom is 0.326 e. The zero-order valence-electron chi connectivity index (χ0n) is 10.2. The SMILES string of the molecule is CCC1(CNC(=O)N2CCC[C@H]2C(=O)O)CC1. The van der Waals surface area contributed by atoms with Gasteiger partial charge in [-0.1, -0.05) is 6.92 Å². The summed E-state index contributed by atoms with van der Waals surface area (Å²) in [4.78, 5) is 24.3. The lowest BCUT2D eigenvalue weighted by molar-refractivity contribution is -0.141. The highest BCUT2D eigenvalue weighted by Gasteiger charge is 2.41. The summed E-state index contributed by atoms with van der Waals surface area (Å²) < 4.78 is 0. The Morgan fingerprint density at radius 1 is 1.47 bits per heavy atom. The number of carbonyl (C=O) groups is 2. The number of hydrogen-bond acceptors (Lipinski definition) is 2. The van der Waals surface area contributed by atoms with Crippen LogP contribution >= 0.6 is 0 Å². The number of likely N-dealkylation sites (tertiary alicyclic amines) is 1. The van der Waals surface area contributed by atoms with Gasteiger partial charge in [-0.25, -0.2) is 9.59 Å². The molecule has 0 aromatic rings. The van der Waals surface area contributed by atoms with E-state index in [9.17, 15) is 9.59 Å². The Balaban J connectivity index is 1.85. The van der Waals surface area contributed by atoms with E-state index in [1.165, 1.54) is 17.7 Å². The second-order valence-corrected chi connectivity index (χ2v) is 5.20. The number of amides is 2. The van der Waals surface area contributed by atoms with E-state index < -0.39 is 12.0 Å². The van der Waals surface area contributed by atoms with E-state index in [1.54, 1.807) is 0 Å². The summed E-state index contributed by atoms with van der Waals surface area (Å²) in [7, 11) is 0. The van der Waals surface area contributed by atoms with Gasteiger partial charge in [0.05, 0.1) is 0 Å².